The van der Waals surface area contributed by atoms with E-state index < -0.39 is 5.82 Å². The fourth-order valence-electron chi connectivity index (χ4n) is 4.59. The molecule has 4 aromatic rings. The number of piperidine rings is 1. The van der Waals surface area contributed by atoms with Crippen molar-refractivity contribution in [3.8, 4) is 10.8 Å². The van der Waals surface area contributed by atoms with Crippen molar-refractivity contribution in [3.05, 3.63) is 46.9 Å². The molecule has 0 spiro atoms. The third-order valence-corrected chi connectivity index (χ3v) is 8.29. The SMILES string of the molecule is CN(c1nc2sc(-n3ccc(-n4cc(F)cn4)cc3=O)nc2s1)C1C[C@H]2CC[C@@H](C1)N2. The van der Waals surface area contributed by atoms with Crippen LogP contribution in [0, 0.1) is 5.82 Å². The molecule has 2 aliphatic heterocycles. The minimum absolute atomic E-state index is 0.252. The van der Waals surface area contributed by atoms with Gasteiger partial charge in [-0.2, -0.15) is 5.10 Å². The molecule has 4 aromatic heterocycles. The third-order valence-electron chi connectivity index (χ3n) is 6.18. The highest BCUT2D eigenvalue weighted by atomic mass is 32.1. The molecule has 6 heterocycles. The van der Waals surface area contributed by atoms with Gasteiger partial charge in [0.15, 0.2) is 25.7 Å². The summed E-state index contributed by atoms with van der Waals surface area (Å²) in [5.41, 5.74) is 0.249. The van der Waals surface area contributed by atoms with E-state index in [1.54, 1.807) is 23.6 Å². The number of halogens is 1. The monoisotopic (exact) mass is 457 g/mol. The first-order valence-corrected chi connectivity index (χ1v) is 11.9. The van der Waals surface area contributed by atoms with Gasteiger partial charge in [-0.1, -0.05) is 22.7 Å². The van der Waals surface area contributed by atoms with E-state index in [0.717, 1.165) is 33.8 Å². The highest BCUT2D eigenvalue weighted by Gasteiger charge is 2.36. The van der Waals surface area contributed by atoms with Crippen LogP contribution < -0.4 is 15.8 Å². The van der Waals surface area contributed by atoms with Gasteiger partial charge in [0.05, 0.1) is 18.1 Å². The Kier molecular flexibility index (Phi) is 4.44. The average molecular weight is 458 g/mol. The molecule has 0 saturated carbocycles. The van der Waals surface area contributed by atoms with Crippen molar-refractivity contribution in [2.24, 2.45) is 0 Å². The number of pyridine rings is 1. The summed E-state index contributed by atoms with van der Waals surface area (Å²) in [5, 5.41) is 9.14. The molecular formula is C20H20FN7OS2. The van der Waals surface area contributed by atoms with Gasteiger partial charge in [-0.15, -0.1) is 0 Å². The summed E-state index contributed by atoms with van der Waals surface area (Å²) in [6, 6.07) is 4.89. The van der Waals surface area contributed by atoms with Gasteiger partial charge in [0.25, 0.3) is 5.56 Å². The van der Waals surface area contributed by atoms with E-state index >= 15 is 0 Å². The van der Waals surface area contributed by atoms with Crippen molar-refractivity contribution in [2.75, 3.05) is 11.9 Å². The standard InChI is InChI=1S/C20H20FN7OS2/c1-26(15-6-12-2-3-13(7-15)23-12)19-24-17-18(30-19)25-20(31-17)27-5-4-14(8-16(27)29)28-10-11(21)9-22-28/h4-5,8-10,12-13,15,23H,2-3,6-7H2,1H3/t12-,13+,15?. The summed E-state index contributed by atoms with van der Waals surface area (Å²) in [6.45, 7) is 0. The van der Waals surface area contributed by atoms with Crippen LogP contribution in [0.25, 0.3) is 20.5 Å². The first-order valence-electron chi connectivity index (χ1n) is 10.2. The minimum Gasteiger partial charge on any atom is -0.348 e. The summed E-state index contributed by atoms with van der Waals surface area (Å²) in [4.78, 5) is 26.1. The zero-order chi connectivity index (χ0) is 21.1. The number of anilines is 1. The van der Waals surface area contributed by atoms with Crippen LogP contribution in [0.5, 0.6) is 0 Å². The van der Waals surface area contributed by atoms with Crippen molar-refractivity contribution >= 4 is 37.5 Å². The Morgan fingerprint density at radius 3 is 2.65 bits per heavy atom. The Balaban J connectivity index is 1.26. The lowest BCUT2D eigenvalue weighted by Crippen LogP contribution is -2.47. The summed E-state index contributed by atoms with van der Waals surface area (Å²) < 4.78 is 16.0. The number of rotatable bonds is 4. The first kappa shape index (κ1) is 19.1. The van der Waals surface area contributed by atoms with Crippen LogP contribution in [0.15, 0.2) is 35.5 Å². The number of thiazole rings is 2. The largest absolute Gasteiger partial charge is 0.348 e. The molecule has 0 aliphatic carbocycles. The Hall–Kier alpha value is -2.63. The lowest BCUT2D eigenvalue weighted by atomic mass is 9.99. The van der Waals surface area contributed by atoms with Crippen LogP contribution in [0.2, 0.25) is 0 Å². The highest BCUT2D eigenvalue weighted by molar-refractivity contribution is 7.29. The summed E-state index contributed by atoms with van der Waals surface area (Å²) in [6.07, 6.45) is 8.83. The molecule has 8 nitrogen and oxygen atoms in total. The molecule has 0 radical (unpaired) electrons. The molecule has 1 N–H and O–H groups in total. The molecule has 2 saturated heterocycles. The Bertz CT molecular complexity index is 1280. The number of hydrogen-bond donors (Lipinski definition) is 1. The number of fused-ring (bicyclic) bond motifs is 3. The minimum atomic E-state index is -0.451. The van der Waals surface area contributed by atoms with Crippen LogP contribution >= 0.6 is 22.7 Å². The molecule has 0 aromatic carbocycles. The maximum atomic E-state index is 13.2. The first-order chi connectivity index (χ1) is 15.0. The van der Waals surface area contributed by atoms with Crippen LogP contribution in [0.3, 0.4) is 0 Å². The van der Waals surface area contributed by atoms with E-state index in [4.69, 9.17) is 4.98 Å². The fourth-order valence-corrected chi connectivity index (χ4v) is 6.64. The van der Waals surface area contributed by atoms with Crippen LogP contribution in [0.1, 0.15) is 25.7 Å². The molecule has 2 aliphatic rings. The molecule has 11 heteroatoms. The van der Waals surface area contributed by atoms with Crippen molar-refractivity contribution in [3.63, 3.8) is 0 Å². The lowest BCUT2D eigenvalue weighted by molar-refractivity contribution is 0.354. The van der Waals surface area contributed by atoms with Gasteiger partial charge in [0.2, 0.25) is 0 Å². The zero-order valence-electron chi connectivity index (χ0n) is 16.7. The lowest BCUT2D eigenvalue weighted by Gasteiger charge is -2.35. The average Bonchev–Trinajstić information content (AvgIpc) is 3.51. The van der Waals surface area contributed by atoms with Gasteiger partial charge in [-0.3, -0.25) is 9.36 Å². The second kappa shape index (κ2) is 7.21. The number of hydrogen-bond acceptors (Lipinski definition) is 8. The zero-order valence-corrected chi connectivity index (χ0v) is 18.4. The predicted molar refractivity (Wildman–Crippen MR) is 119 cm³/mol. The van der Waals surface area contributed by atoms with Gasteiger partial charge in [0, 0.05) is 37.4 Å². The van der Waals surface area contributed by atoms with E-state index in [1.165, 1.54) is 45.7 Å². The smallest absolute Gasteiger partial charge is 0.259 e. The van der Waals surface area contributed by atoms with Gasteiger partial charge in [-0.05, 0) is 31.7 Å². The number of aromatic nitrogens is 5. The molecule has 31 heavy (non-hydrogen) atoms. The molecule has 1 unspecified atom stereocenters. The molecular weight excluding hydrogens is 437 g/mol. The second-order valence-corrected chi connectivity index (χ2v) is 10.1. The quantitative estimate of drug-likeness (QED) is 0.508. The number of nitrogens with zero attached hydrogens (tertiary/aromatic N) is 6. The second-order valence-electron chi connectivity index (χ2n) is 8.17. The number of nitrogens with one attached hydrogen (secondary N) is 1. The summed E-state index contributed by atoms with van der Waals surface area (Å²) in [7, 11) is 2.13. The van der Waals surface area contributed by atoms with Gasteiger partial charge in [0.1, 0.15) is 0 Å². The fraction of sp³-hybridized carbons (Fsp3) is 0.400. The topological polar surface area (TPSA) is 80.9 Å². The van der Waals surface area contributed by atoms with Crippen molar-refractivity contribution in [1.82, 2.24) is 29.6 Å². The van der Waals surface area contributed by atoms with Crippen LogP contribution in [-0.4, -0.2) is 49.5 Å². The molecule has 160 valence electrons. The Morgan fingerprint density at radius 2 is 1.97 bits per heavy atom. The maximum Gasteiger partial charge on any atom is 0.259 e. The Morgan fingerprint density at radius 1 is 1.19 bits per heavy atom. The van der Waals surface area contributed by atoms with Gasteiger partial charge >= 0.3 is 0 Å². The van der Waals surface area contributed by atoms with Crippen molar-refractivity contribution in [2.45, 2.75) is 43.8 Å². The maximum absolute atomic E-state index is 13.2. The molecule has 2 fully saturated rings. The van der Waals surface area contributed by atoms with E-state index in [1.807, 2.05) is 0 Å². The van der Waals surface area contributed by atoms with Crippen molar-refractivity contribution < 1.29 is 4.39 Å². The predicted octanol–water partition coefficient (Wildman–Crippen LogP) is 2.95. The molecule has 6 rings (SSSR count). The molecule has 2 bridgehead atoms. The van der Waals surface area contributed by atoms with Gasteiger partial charge in [-0.25, -0.2) is 19.0 Å². The van der Waals surface area contributed by atoms with E-state index in [-0.39, 0.29) is 5.56 Å². The van der Waals surface area contributed by atoms with E-state index in [9.17, 15) is 9.18 Å². The van der Waals surface area contributed by atoms with Crippen LogP contribution in [0.4, 0.5) is 9.52 Å². The van der Waals surface area contributed by atoms with E-state index in [0.29, 0.717) is 28.9 Å². The molecule has 0 amide bonds. The van der Waals surface area contributed by atoms with Crippen molar-refractivity contribution in [1.29, 1.82) is 0 Å². The normalized spacial score (nSPS) is 23.0. The third kappa shape index (κ3) is 3.36. The summed E-state index contributed by atoms with van der Waals surface area (Å²) in [5.74, 6) is -0.451. The van der Waals surface area contributed by atoms with Crippen LogP contribution in [-0.2, 0) is 0 Å². The summed E-state index contributed by atoms with van der Waals surface area (Å²) >= 11 is 2.97. The highest BCUT2D eigenvalue weighted by Crippen LogP contribution is 2.36. The Labute approximate surface area is 185 Å². The van der Waals surface area contributed by atoms with Gasteiger partial charge < -0.3 is 10.2 Å². The molecule has 3 atom stereocenters. The van der Waals surface area contributed by atoms with E-state index in [2.05, 4.69) is 27.3 Å².